The molecule has 0 atom stereocenters. The van der Waals surface area contributed by atoms with Crippen molar-refractivity contribution in [2.24, 2.45) is 5.73 Å². The molecular weight excluding hydrogens is 332 g/mol. The molecule has 1 aliphatic carbocycles. The van der Waals surface area contributed by atoms with Gasteiger partial charge in [-0.3, -0.25) is 4.79 Å². The second kappa shape index (κ2) is 8.75. The molecule has 0 aliphatic heterocycles. The standard InChI is InChI=1S/C18H26N6O2/c1-26-16-10-9-14(20-17(25)6-4-2-3-5-11-19)12-15(16)24-18(13-7-8-13)21-22-23-24/h9-10,12-13H,2-8,11,19H2,1H3,(H,20,25). The maximum Gasteiger partial charge on any atom is 0.224 e. The number of hydrogen-bond acceptors (Lipinski definition) is 6. The number of unbranched alkanes of at least 4 members (excludes halogenated alkanes) is 3. The Morgan fingerprint density at radius 1 is 1.31 bits per heavy atom. The molecule has 1 saturated carbocycles. The Labute approximate surface area is 153 Å². The van der Waals surface area contributed by atoms with Crippen molar-refractivity contribution >= 4 is 11.6 Å². The van der Waals surface area contributed by atoms with Crippen LogP contribution in [0.25, 0.3) is 5.69 Å². The third-order valence-electron chi connectivity index (χ3n) is 4.48. The summed E-state index contributed by atoms with van der Waals surface area (Å²) < 4.78 is 7.15. The van der Waals surface area contributed by atoms with Crippen molar-refractivity contribution in [3.05, 3.63) is 24.0 Å². The van der Waals surface area contributed by atoms with Crippen molar-refractivity contribution < 1.29 is 9.53 Å². The molecule has 0 saturated heterocycles. The Morgan fingerprint density at radius 3 is 2.85 bits per heavy atom. The molecule has 1 fully saturated rings. The zero-order valence-electron chi connectivity index (χ0n) is 15.1. The fourth-order valence-corrected chi connectivity index (χ4v) is 2.90. The van der Waals surface area contributed by atoms with Crippen LogP contribution in [0.2, 0.25) is 0 Å². The molecule has 8 heteroatoms. The number of amides is 1. The van der Waals surface area contributed by atoms with E-state index >= 15 is 0 Å². The number of anilines is 1. The number of tetrazole rings is 1. The van der Waals surface area contributed by atoms with Crippen LogP contribution in [-0.4, -0.2) is 39.8 Å². The highest BCUT2D eigenvalue weighted by Gasteiger charge is 2.30. The average Bonchev–Trinajstić information content (AvgIpc) is 3.38. The Morgan fingerprint density at radius 2 is 2.12 bits per heavy atom. The van der Waals surface area contributed by atoms with E-state index in [9.17, 15) is 4.79 Å². The zero-order chi connectivity index (χ0) is 18.4. The van der Waals surface area contributed by atoms with Crippen molar-refractivity contribution in [1.29, 1.82) is 0 Å². The molecule has 2 aromatic rings. The number of nitrogens with two attached hydrogens (primary N) is 1. The fourth-order valence-electron chi connectivity index (χ4n) is 2.90. The Hall–Kier alpha value is -2.48. The number of nitrogens with one attached hydrogen (secondary N) is 1. The number of ether oxygens (including phenoxy) is 1. The molecule has 3 N–H and O–H groups in total. The molecule has 3 rings (SSSR count). The third kappa shape index (κ3) is 4.57. The van der Waals surface area contributed by atoms with Gasteiger partial charge in [0.15, 0.2) is 5.82 Å². The molecule has 0 unspecified atom stereocenters. The largest absolute Gasteiger partial charge is 0.494 e. The average molecular weight is 358 g/mol. The van der Waals surface area contributed by atoms with Crippen LogP contribution >= 0.6 is 0 Å². The monoisotopic (exact) mass is 358 g/mol. The molecular formula is C18H26N6O2. The first kappa shape index (κ1) is 18.3. The van der Waals surface area contributed by atoms with Crippen LogP contribution in [0.5, 0.6) is 5.75 Å². The quantitative estimate of drug-likeness (QED) is 0.631. The lowest BCUT2D eigenvalue weighted by molar-refractivity contribution is -0.116. The van der Waals surface area contributed by atoms with E-state index in [2.05, 4.69) is 20.8 Å². The van der Waals surface area contributed by atoms with Crippen molar-refractivity contribution in [1.82, 2.24) is 20.2 Å². The predicted octanol–water partition coefficient (Wildman–Crippen LogP) is 2.40. The van der Waals surface area contributed by atoms with Crippen molar-refractivity contribution in [2.75, 3.05) is 19.0 Å². The van der Waals surface area contributed by atoms with Crippen LogP contribution in [0.1, 0.15) is 56.7 Å². The third-order valence-corrected chi connectivity index (χ3v) is 4.48. The van der Waals surface area contributed by atoms with Crippen LogP contribution in [0.4, 0.5) is 5.69 Å². The van der Waals surface area contributed by atoms with Gasteiger partial charge in [0.1, 0.15) is 11.4 Å². The second-order valence-corrected chi connectivity index (χ2v) is 6.61. The molecule has 0 radical (unpaired) electrons. The van der Waals surface area contributed by atoms with Gasteiger partial charge in [0, 0.05) is 18.0 Å². The van der Waals surface area contributed by atoms with Gasteiger partial charge in [0.2, 0.25) is 5.91 Å². The van der Waals surface area contributed by atoms with Crippen LogP contribution in [0.15, 0.2) is 18.2 Å². The maximum absolute atomic E-state index is 12.2. The second-order valence-electron chi connectivity index (χ2n) is 6.61. The highest BCUT2D eigenvalue weighted by atomic mass is 16.5. The molecule has 140 valence electrons. The summed E-state index contributed by atoms with van der Waals surface area (Å²) >= 11 is 0. The number of benzene rings is 1. The molecule has 1 aliphatic rings. The minimum Gasteiger partial charge on any atom is -0.494 e. The molecule has 0 spiro atoms. The number of methoxy groups -OCH3 is 1. The van der Waals surface area contributed by atoms with E-state index in [1.54, 1.807) is 11.8 Å². The molecule has 1 amide bonds. The molecule has 1 aromatic heterocycles. The predicted molar refractivity (Wildman–Crippen MR) is 98.5 cm³/mol. The lowest BCUT2D eigenvalue weighted by Crippen LogP contribution is -2.12. The van der Waals surface area contributed by atoms with Gasteiger partial charge >= 0.3 is 0 Å². The lowest BCUT2D eigenvalue weighted by Gasteiger charge is -2.12. The molecule has 8 nitrogen and oxygen atoms in total. The van der Waals surface area contributed by atoms with Crippen molar-refractivity contribution in [3.8, 4) is 11.4 Å². The van der Waals surface area contributed by atoms with Gasteiger partial charge < -0.3 is 15.8 Å². The van der Waals surface area contributed by atoms with Gasteiger partial charge in [0.25, 0.3) is 0 Å². The molecule has 1 heterocycles. The van der Waals surface area contributed by atoms with Gasteiger partial charge in [-0.05, 0) is 60.9 Å². The summed E-state index contributed by atoms with van der Waals surface area (Å²) in [7, 11) is 1.61. The Kier molecular flexibility index (Phi) is 6.17. The van der Waals surface area contributed by atoms with Crippen molar-refractivity contribution in [2.45, 2.75) is 50.9 Å². The first-order valence-electron chi connectivity index (χ1n) is 9.19. The zero-order valence-corrected chi connectivity index (χ0v) is 15.1. The number of rotatable bonds is 10. The van der Waals surface area contributed by atoms with Crippen LogP contribution < -0.4 is 15.8 Å². The first-order chi connectivity index (χ1) is 12.7. The lowest BCUT2D eigenvalue weighted by atomic mass is 10.1. The summed E-state index contributed by atoms with van der Waals surface area (Å²) in [6.45, 7) is 0.709. The maximum atomic E-state index is 12.2. The molecule has 1 aromatic carbocycles. The van der Waals surface area contributed by atoms with E-state index < -0.39 is 0 Å². The van der Waals surface area contributed by atoms with Crippen LogP contribution in [0, 0.1) is 0 Å². The summed E-state index contributed by atoms with van der Waals surface area (Å²) in [6, 6.07) is 5.51. The van der Waals surface area contributed by atoms with Crippen LogP contribution in [0.3, 0.4) is 0 Å². The number of carbonyl (C=O) groups is 1. The number of aromatic nitrogens is 4. The van der Waals surface area contributed by atoms with Crippen molar-refractivity contribution in [3.63, 3.8) is 0 Å². The SMILES string of the molecule is COc1ccc(NC(=O)CCCCCCN)cc1-n1nnnc1C1CC1. The normalized spacial score (nSPS) is 13.6. The number of hydrogen-bond donors (Lipinski definition) is 2. The highest BCUT2D eigenvalue weighted by molar-refractivity contribution is 5.91. The van der Waals surface area contributed by atoms with E-state index in [1.165, 1.54) is 0 Å². The number of nitrogens with zero attached hydrogens (tertiary/aromatic N) is 4. The van der Waals surface area contributed by atoms with E-state index in [4.69, 9.17) is 10.5 Å². The Bertz CT molecular complexity index is 741. The summed E-state index contributed by atoms with van der Waals surface area (Å²) in [5, 5.41) is 15.0. The minimum atomic E-state index is 0.00740. The van der Waals surface area contributed by atoms with Gasteiger partial charge in [-0.25, -0.2) is 0 Å². The summed E-state index contributed by atoms with van der Waals surface area (Å²) in [5.41, 5.74) is 6.93. The summed E-state index contributed by atoms with van der Waals surface area (Å²) in [5.74, 6) is 1.92. The smallest absolute Gasteiger partial charge is 0.224 e. The van der Waals surface area contributed by atoms with E-state index in [-0.39, 0.29) is 5.91 Å². The van der Waals surface area contributed by atoms with Gasteiger partial charge in [-0.2, -0.15) is 4.68 Å². The topological polar surface area (TPSA) is 108 Å². The molecule has 26 heavy (non-hydrogen) atoms. The Balaban J connectivity index is 1.67. The van der Waals surface area contributed by atoms with E-state index in [1.807, 2.05) is 18.2 Å². The first-order valence-corrected chi connectivity index (χ1v) is 9.19. The molecule has 0 bridgehead atoms. The van der Waals surface area contributed by atoms with Gasteiger partial charge in [-0.1, -0.05) is 12.8 Å². The van der Waals surface area contributed by atoms with Crippen LogP contribution in [-0.2, 0) is 4.79 Å². The van der Waals surface area contributed by atoms with Gasteiger partial charge in [-0.15, -0.1) is 5.10 Å². The number of carbonyl (C=O) groups excluding carboxylic acids is 1. The van der Waals surface area contributed by atoms with E-state index in [0.29, 0.717) is 30.3 Å². The minimum absolute atomic E-state index is 0.00740. The van der Waals surface area contributed by atoms with Gasteiger partial charge in [0.05, 0.1) is 7.11 Å². The van der Waals surface area contributed by atoms with E-state index in [0.717, 1.165) is 50.0 Å². The highest BCUT2D eigenvalue weighted by Crippen LogP contribution is 2.40. The fraction of sp³-hybridized carbons (Fsp3) is 0.556. The summed E-state index contributed by atoms with van der Waals surface area (Å²) in [6.07, 6.45) is 6.68. The summed E-state index contributed by atoms with van der Waals surface area (Å²) in [4.78, 5) is 12.2.